The van der Waals surface area contributed by atoms with Gasteiger partial charge >= 0.3 is 24.1 Å². The number of carbonyl (C=O) groups excluding carboxylic acids is 4. The van der Waals surface area contributed by atoms with Crippen LogP contribution >= 0.6 is 0 Å². The van der Waals surface area contributed by atoms with E-state index in [0.717, 1.165) is 77.0 Å². The van der Waals surface area contributed by atoms with Crippen LogP contribution in [0.2, 0.25) is 0 Å². The second-order valence-electron chi connectivity index (χ2n) is 28.1. The topological polar surface area (TPSA) is 210 Å². The maximum Gasteiger partial charge on any atom is 0.407 e. The van der Waals surface area contributed by atoms with Crippen LogP contribution in [0.1, 0.15) is 400 Å². The van der Waals surface area contributed by atoms with E-state index in [0.29, 0.717) is 26.2 Å². The molecule has 0 heterocycles. The summed E-state index contributed by atoms with van der Waals surface area (Å²) < 4.78 is 21.8. The number of nitrogens with zero attached hydrogens (tertiary/aromatic N) is 2. The van der Waals surface area contributed by atoms with E-state index in [2.05, 4.69) is 38.3 Å². The van der Waals surface area contributed by atoms with Gasteiger partial charge in [0.1, 0.15) is 25.3 Å². The van der Waals surface area contributed by atoms with Crippen LogP contribution < -0.4 is 10.6 Å². The average Bonchev–Trinajstić information content (AvgIpc) is 3.77. The first-order valence-electron chi connectivity index (χ1n) is 41.0. The molecule has 16 nitrogen and oxygen atoms in total. The number of amides is 4. The fourth-order valence-corrected chi connectivity index (χ4v) is 12.9. The Balaban J connectivity index is 5.09. The molecule has 0 rings (SSSR count). The molecule has 0 aliphatic rings. The number of ether oxygens (including phenoxy) is 4. The van der Waals surface area contributed by atoms with Crippen LogP contribution in [-0.4, -0.2) is 134 Å². The number of aliphatic carboxylic acids is 2. The average molecular weight is 1360 g/mol. The predicted octanol–water partition coefficient (Wildman–Crippen LogP) is 21.7. The Labute approximate surface area is 589 Å². The highest BCUT2D eigenvalue weighted by molar-refractivity contribution is 5.90. The zero-order chi connectivity index (χ0) is 70.1. The molecule has 2 atom stereocenters. The van der Waals surface area contributed by atoms with Crippen molar-refractivity contribution in [3.05, 3.63) is 0 Å². The number of carbonyl (C=O) groups is 6. The van der Waals surface area contributed by atoms with E-state index in [9.17, 15) is 39.0 Å². The van der Waals surface area contributed by atoms with Gasteiger partial charge in [-0.25, -0.2) is 9.59 Å². The minimum Gasteiger partial charge on any atom is -0.481 e. The summed E-state index contributed by atoms with van der Waals surface area (Å²) in [4.78, 5) is 81.7. The monoisotopic (exact) mass is 1360 g/mol. The minimum absolute atomic E-state index is 0.0203. The Bertz CT molecular complexity index is 1560. The second kappa shape index (κ2) is 74.0. The molecule has 0 fully saturated rings. The van der Waals surface area contributed by atoms with Gasteiger partial charge in [0.25, 0.3) is 0 Å². The molecule has 0 bridgehead atoms. The summed E-state index contributed by atoms with van der Waals surface area (Å²) in [5.74, 6) is -3.17. The van der Waals surface area contributed by atoms with Gasteiger partial charge in [-0.3, -0.25) is 19.2 Å². The fraction of sp³-hybridized carbons (Fsp3) is 0.925. The van der Waals surface area contributed by atoms with Crippen molar-refractivity contribution < 1.29 is 57.9 Å². The van der Waals surface area contributed by atoms with Gasteiger partial charge in [-0.1, -0.05) is 362 Å². The lowest BCUT2D eigenvalue weighted by atomic mass is 10.0. The number of hydrogen-bond donors (Lipinski definition) is 4. The van der Waals surface area contributed by atoms with Gasteiger partial charge in [-0.2, -0.15) is 0 Å². The van der Waals surface area contributed by atoms with Crippen molar-refractivity contribution in [2.75, 3.05) is 65.8 Å². The highest BCUT2D eigenvalue weighted by atomic mass is 16.6. The Morgan fingerprint density at radius 2 is 0.427 bits per heavy atom. The van der Waals surface area contributed by atoms with Crippen LogP contribution in [0.4, 0.5) is 9.59 Å². The number of carboxylic acids is 2. The van der Waals surface area contributed by atoms with Gasteiger partial charge in [0, 0.05) is 26.2 Å². The number of rotatable bonds is 77. The molecular weight excluding hydrogens is 1210 g/mol. The van der Waals surface area contributed by atoms with Gasteiger partial charge in [0.05, 0.1) is 39.3 Å². The highest BCUT2D eigenvalue weighted by Crippen LogP contribution is 2.20. The summed E-state index contributed by atoms with van der Waals surface area (Å²) in [6, 6.07) is -2.53. The summed E-state index contributed by atoms with van der Waals surface area (Å²) in [5, 5.41) is 24.7. The van der Waals surface area contributed by atoms with Crippen LogP contribution in [0.15, 0.2) is 0 Å². The lowest BCUT2D eigenvalue weighted by Gasteiger charge is -2.27. The molecule has 0 saturated heterocycles. The van der Waals surface area contributed by atoms with Crippen LogP contribution in [0.25, 0.3) is 0 Å². The van der Waals surface area contributed by atoms with Crippen molar-refractivity contribution in [1.29, 1.82) is 0 Å². The van der Waals surface area contributed by atoms with E-state index >= 15 is 0 Å². The summed E-state index contributed by atoms with van der Waals surface area (Å²) in [7, 11) is 0. The molecule has 4 amide bonds. The number of nitrogens with one attached hydrogen (secondary N) is 2. The first-order valence-corrected chi connectivity index (χ1v) is 41.0. The van der Waals surface area contributed by atoms with E-state index in [1.807, 2.05) is 0 Å². The standard InChI is InChI=1S/C80H154N4O12/c1-5-9-13-17-21-25-29-33-37-41-45-49-53-57-61-83(62-58-54-50-46-42-38-34-30-26-22-18-14-10-6-2)77(89)73(71-75(85)86)81-79(91)95-69-67-93-65-66-94-68-70-96-80(92)82-74(72-76(87)88)78(90)84(63-59-55-51-47-43-39-35-31-27-23-19-15-11-7-3)64-60-56-52-48-44-40-36-32-28-24-20-16-12-8-4/h73-74H,5-72H2,1-4H3,(H,81,91)(H,82,92)(H,85,86)(H,87,88)/t73-,74-/m0/s1. The number of hydrogen-bond acceptors (Lipinski definition) is 10. The maximum atomic E-state index is 14.0. The van der Waals surface area contributed by atoms with E-state index in [-0.39, 0.29) is 39.6 Å². The van der Waals surface area contributed by atoms with Crippen molar-refractivity contribution >= 4 is 35.9 Å². The molecular formula is C80H154N4O12. The molecule has 0 radical (unpaired) electrons. The first kappa shape index (κ1) is 92.3. The molecule has 0 aliphatic carbocycles. The van der Waals surface area contributed by atoms with Crippen molar-refractivity contribution in [3.8, 4) is 0 Å². The Hall–Kier alpha value is -3.66. The summed E-state index contributed by atoms with van der Waals surface area (Å²) in [6.07, 6.45) is 66.0. The summed E-state index contributed by atoms with van der Waals surface area (Å²) >= 11 is 0. The van der Waals surface area contributed by atoms with Gasteiger partial charge in [-0.15, -0.1) is 0 Å². The zero-order valence-corrected chi connectivity index (χ0v) is 63.1. The molecule has 0 spiro atoms. The van der Waals surface area contributed by atoms with Crippen LogP contribution in [-0.2, 0) is 38.1 Å². The minimum atomic E-state index is -1.27. The van der Waals surface area contributed by atoms with Gasteiger partial charge in [0.15, 0.2) is 0 Å². The third-order valence-electron chi connectivity index (χ3n) is 19.0. The predicted molar refractivity (Wildman–Crippen MR) is 397 cm³/mol. The molecule has 0 unspecified atom stereocenters. The molecule has 0 saturated carbocycles. The second-order valence-corrected chi connectivity index (χ2v) is 28.1. The van der Waals surface area contributed by atoms with Gasteiger partial charge in [-0.05, 0) is 25.7 Å². The zero-order valence-electron chi connectivity index (χ0n) is 63.1. The molecule has 0 aromatic heterocycles. The largest absolute Gasteiger partial charge is 0.481 e. The molecule has 0 aromatic rings. The molecule has 0 aliphatic heterocycles. The molecule has 566 valence electrons. The van der Waals surface area contributed by atoms with E-state index in [1.54, 1.807) is 9.80 Å². The quantitative estimate of drug-likeness (QED) is 0.0419. The van der Waals surface area contributed by atoms with E-state index in [4.69, 9.17) is 18.9 Å². The SMILES string of the molecule is CCCCCCCCCCCCCCCCN(CCCCCCCCCCCCCCCC)C(=O)[C@H](CC(=O)O)NC(=O)OCCOCCOCCOC(=O)N[C@@H](CC(=O)O)C(=O)N(CCCCCCCCCCCCCCCC)CCCCCCCCCCCCCCCC. The molecule has 96 heavy (non-hydrogen) atoms. The van der Waals surface area contributed by atoms with Crippen molar-refractivity contribution in [1.82, 2.24) is 20.4 Å². The lowest BCUT2D eigenvalue weighted by molar-refractivity contribution is -0.142. The Morgan fingerprint density at radius 3 is 0.604 bits per heavy atom. The van der Waals surface area contributed by atoms with E-state index in [1.165, 1.54) is 283 Å². The van der Waals surface area contributed by atoms with Gasteiger partial charge < -0.3 is 49.6 Å². The molecule has 4 N–H and O–H groups in total. The lowest BCUT2D eigenvalue weighted by Crippen LogP contribution is -2.50. The smallest absolute Gasteiger partial charge is 0.407 e. The van der Waals surface area contributed by atoms with Crippen LogP contribution in [0, 0.1) is 0 Å². The Kier molecular flexibility index (Phi) is 71.2. The molecule has 16 heteroatoms. The third-order valence-corrected chi connectivity index (χ3v) is 19.0. The third kappa shape index (κ3) is 65.0. The summed E-state index contributed by atoms with van der Waals surface area (Å²) in [6.45, 7) is 11.1. The van der Waals surface area contributed by atoms with Crippen molar-refractivity contribution in [3.63, 3.8) is 0 Å². The number of carboxylic acid groups (broad SMARTS) is 2. The van der Waals surface area contributed by atoms with Crippen LogP contribution in [0.3, 0.4) is 0 Å². The van der Waals surface area contributed by atoms with Crippen molar-refractivity contribution in [2.45, 2.75) is 412 Å². The maximum absolute atomic E-state index is 14.0. The number of unbranched alkanes of at least 4 members (excludes halogenated alkanes) is 52. The molecule has 0 aromatic carbocycles. The van der Waals surface area contributed by atoms with Crippen LogP contribution in [0.5, 0.6) is 0 Å². The normalized spacial score (nSPS) is 12.0. The first-order chi connectivity index (χ1) is 47.0. The number of alkyl carbamates (subject to hydrolysis) is 2. The van der Waals surface area contributed by atoms with Crippen molar-refractivity contribution in [2.24, 2.45) is 0 Å². The van der Waals surface area contributed by atoms with E-state index < -0.39 is 60.9 Å². The fourth-order valence-electron chi connectivity index (χ4n) is 12.9. The highest BCUT2D eigenvalue weighted by Gasteiger charge is 2.30. The Morgan fingerprint density at radius 1 is 0.260 bits per heavy atom. The summed E-state index contributed by atoms with van der Waals surface area (Å²) in [5.41, 5.74) is 0. The van der Waals surface area contributed by atoms with Gasteiger partial charge in [0.2, 0.25) is 11.8 Å².